The van der Waals surface area contributed by atoms with Crippen molar-refractivity contribution in [1.82, 2.24) is 14.9 Å². The van der Waals surface area contributed by atoms with E-state index in [1.807, 2.05) is 55.5 Å². The molecular weight excluding hydrogens is 458 g/mol. The summed E-state index contributed by atoms with van der Waals surface area (Å²) < 4.78 is 17.3. The van der Waals surface area contributed by atoms with Crippen LogP contribution in [0.15, 0.2) is 69.8 Å². The van der Waals surface area contributed by atoms with Crippen LogP contribution < -0.4 is 4.74 Å². The summed E-state index contributed by atoms with van der Waals surface area (Å²) in [5.41, 5.74) is 2.60. The number of aromatic nitrogens is 2. The average Bonchev–Trinajstić information content (AvgIpc) is 3.49. The Morgan fingerprint density at radius 1 is 1.08 bits per heavy atom. The third-order valence-corrected chi connectivity index (χ3v) is 5.97. The van der Waals surface area contributed by atoms with Gasteiger partial charge in [-0.15, -0.1) is 0 Å². The van der Waals surface area contributed by atoms with E-state index in [1.54, 1.807) is 12.5 Å². The minimum Gasteiger partial charge on any atom is -0.478 e. The number of aryl methyl sites for hydroxylation is 2. The molecule has 0 amide bonds. The van der Waals surface area contributed by atoms with E-state index < -0.39 is 11.6 Å². The van der Waals surface area contributed by atoms with Crippen molar-refractivity contribution in [3.63, 3.8) is 0 Å². The fraction of sp³-hybridized carbons (Fsp3) is 0.321. The molecule has 0 aliphatic carbocycles. The maximum Gasteiger partial charge on any atom is 0.347 e. The van der Waals surface area contributed by atoms with Gasteiger partial charge < -0.3 is 18.7 Å². The summed E-state index contributed by atoms with van der Waals surface area (Å²) in [6, 6.07) is 15.5. The van der Waals surface area contributed by atoms with Gasteiger partial charge >= 0.3 is 5.97 Å². The highest BCUT2D eigenvalue weighted by molar-refractivity contribution is 5.76. The summed E-state index contributed by atoms with van der Waals surface area (Å²) in [5, 5.41) is 9.47. The van der Waals surface area contributed by atoms with Crippen LogP contribution in [0, 0.1) is 6.92 Å². The van der Waals surface area contributed by atoms with E-state index in [9.17, 15) is 9.90 Å². The van der Waals surface area contributed by atoms with Crippen molar-refractivity contribution in [2.45, 2.75) is 59.4 Å². The Balaban J connectivity index is 1.62. The summed E-state index contributed by atoms with van der Waals surface area (Å²) in [6.45, 7) is 8.62. The van der Waals surface area contributed by atoms with Crippen LogP contribution in [0.3, 0.4) is 0 Å². The molecule has 0 radical (unpaired) electrons. The Kier molecular flexibility index (Phi) is 7.55. The van der Waals surface area contributed by atoms with Gasteiger partial charge in [0.1, 0.15) is 17.8 Å². The van der Waals surface area contributed by atoms with Gasteiger partial charge in [-0.25, -0.2) is 14.8 Å². The number of hydrogen-bond acceptors (Lipinski definition) is 7. The molecule has 0 atom stereocenters. The number of carbonyl (C=O) groups is 1. The zero-order valence-corrected chi connectivity index (χ0v) is 21.0. The number of carboxylic acid groups (broad SMARTS) is 1. The van der Waals surface area contributed by atoms with Gasteiger partial charge in [-0.05, 0) is 62.6 Å². The first-order valence-corrected chi connectivity index (χ1v) is 11.9. The lowest BCUT2D eigenvalue weighted by molar-refractivity contribution is -0.152. The molecule has 2 aromatic carbocycles. The number of hydrogen-bond donors (Lipinski definition) is 1. The van der Waals surface area contributed by atoms with Gasteiger partial charge in [0.15, 0.2) is 5.60 Å². The molecule has 0 saturated carbocycles. The van der Waals surface area contributed by atoms with Gasteiger partial charge in [0.2, 0.25) is 11.8 Å². The molecule has 0 unspecified atom stereocenters. The van der Waals surface area contributed by atoms with Gasteiger partial charge in [0, 0.05) is 18.7 Å². The minimum atomic E-state index is -1.34. The minimum absolute atomic E-state index is 0.467. The second-order valence-corrected chi connectivity index (χ2v) is 9.16. The summed E-state index contributed by atoms with van der Waals surface area (Å²) in [6.07, 6.45) is 4.01. The van der Waals surface area contributed by atoms with Crippen LogP contribution >= 0.6 is 0 Å². The Bertz CT molecular complexity index is 1300. The predicted octanol–water partition coefficient (Wildman–Crippen LogP) is 5.64. The van der Waals surface area contributed by atoms with Crippen LogP contribution in [-0.4, -0.2) is 31.5 Å². The van der Waals surface area contributed by atoms with Crippen LogP contribution in [0.4, 0.5) is 0 Å². The van der Waals surface area contributed by atoms with Crippen molar-refractivity contribution >= 4 is 5.97 Å². The second-order valence-electron chi connectivity index (χ2n) is 9.16. The highest BCUT2D eigenvalue weighted by Gasteiger charge is 2.29. The SMILES string of the molecule is CCc1ccc(OC(C)(C)C(=O)O)cc1CN(Cc1ncco1)Cc1nc(-c2ccccc2)oc1C. The van der Waals surface area contributed by atoms with E-state index in [2.05, 4.69) is 16.8 Å². The number of ether oxygens (including phenoxy) is 1. The number of oxazole rings is 2. The molecule has 0 saturated heterocycles. The summed E-state index contributed by atoms with van der Waals surface area (Å²) in [5.74, 6) is 1.42. The van der Waals surface area contributed by atoms with Gasteiger partial charge in [-0.1, -0.05) is 31.2 Å². The molecule has 0 bridgehead atoms. The average molecular weight is 490 g/mol. The van der Waals surface area contributed by atoms with Crippen molar-refractivity contribution in [3.8, 4) is 17.2 Å². The Morgan fingerprint density at radius 3 is 2.53 bits per heavy atom. The first-order valence-electron chi connectivity index (χ1n) is 11.9. The lowest BCUT2D eigenvalue weighted by Crippen LogP contribution is -2.37. The quantitative estimate of drug-likeness (QED) is 0.289. The van der Waals surface area contributed by atoms with Crippen molar-refractivity contribution in [1.29, 1.82) is 0 Å². The first kappa shape index (κ1) is 25.2. The molecule has 8 heteroatoms. The van der Waals surface area contributed by atoms with Gasteiger partial charge in [-0.2, -0.15) is 0 Å². The van der Waals surface area contributed by atoms with Crippen LogP contribution in [0.2, 0.25) is 0 Å². The molecule has 8 nitrogen and oxygen atoms in total. The Hall–Kier alpha value is -3.91. The maximum absolute atomic E-state index is 11.6. The van der Waals surface area contributed by atoms with Crippen LogP contribution in [0.1, 0.15) is 49.2 Å². The molecule has 1 N–H and O–H groups in total. The van der Waals surface area contributed by atoms with E-state index >= 15 is 0 Å². The fourth-order valence-electron chi connectivity index (χ4n) is 3.92. The highest BCUT2D eigenvalue weighted by atomic mass is 16.5. The molecule has 0 fully saturated rings. The zero-order valence-electron chi connectivity index (χ0n) is 21.0. The zero-order chi connectivity index (χ0) is 25.7. The number of nitrogens with zero attached hydrogens (tertiary/aromatic N) is 3. The smallest absolute Gasteiger partial charge is 0.347 e. The molecule has 2 aromatic heterocycles. The van der Waals surface area contributed by atoms with E-state index in [4.69, 9.17) is 18.6 Å². The van der Waals surface area contributed by atoms with Crippen molar-refractivity contribution < 1.29 is 23.5 Å². The monoisotopic (exact) mass is 489 g/mol. The van der Waals surface area contributed by atoms with E-state index in [0.29, 0.717) is 37.2 Å². The second kappa shape index (κ2) is 10.8. The Morgan fingerprint density at radius 2 is 1.86 bits per heavy atom. The highest BCUT2D eigenvalue weighted by Crippen LogP contribution is 2.27. The van der Waals surface area contributed by atoms with Gasteiger partial charge in [0.05, 0.1) is 18.4 Å². The van der Waals surface area contributed by atoms with E-state index in [1.165, 1.54) is 13.8 Å². The molecule has 0 spiro atoms. The first-order chi connectivity index (χ1) is 17.2. The van der Waals surface area contributed by atoms with Crippen LogP contribution in [0.5, 0.6) is 5.75 Å². The van der Waals surface area contributed by atoms with E-state index in [-0.39, 0.29) is 0 Å². The van der Waals surface area contributed by atoms with Crippen LogP contribution in [-0.2, 0) is 30.8 Å². The lowest BCUT2D eigenvalue weighted by Gasteiger charge is -2.24. The number of aliphatic carboxylic acids is 1. The molecule has 2 heterocycles. The predicted molar refractivity (Wildman–Crippen MR) is 134 cm³/mol. The summed E-state index contributed by atoms with van der Waals surface area (Å²) >= 11 is 0. The molecule has 4 rings (SSSR count). The van der Waals surface area contributed by atoms with E-state index in [0.717, 1.165) is 34.6 Å². The largest absolute Gasteiger partial charge is 0.478 e. The number of benzene rings is 2. The molecule has 0 aliphatic heterocycles. The summed E-state index contributed by atoms with van der Waals surface area (Å²) in [4.78, 5) is 22.8. The molecule has 4 aromatic rings. The third kappa shape index (κ3) is 6.01. The third-order valence-electron chi connectivity index (χ3n) is 5.97. The van der Waals surface area contributed by atoms with Crippen LogP contribution in [0.25, 0.3) is 11.5 Å². The maximum atomic E-state index is 11.6. The molecular formula is C28H31N3O5. The van der Waals surface area contributed by atoms with Crippen molar-refractivity contribution in [2.75, 3.05) is 0 Å². The molecule has 0 aliphatic rings. The summed E-state index contributed by atoms with van der Waals surface area (Å²) in [7, 11) is 0. The van der Waals surface area contributed by atoms with Crippen molar-refractivity contribution in [2.24, 2.45) is 0 Å². The Labute approximate surface area is 210 Å². The molecule has 36 heavy (non-hydrogen) atoms. The van der Waals surface area contributed by atoms with Gasteiger partial charge in [-0.3, -0.25) is 4.90 Å². The van der Waals surface area contributed by atoms with Crippen molar-refractivity contribution in [3.05, 3.63) is 89.5 Å². The molecule has 188 valence electrons. The standard InChI is InChI=1S/C28H31N3O5/c1-5-20-11-12-23(36-28(3,4)27(32)33)15-22(20)16-31(18-25-29-13-14-34-25)17-24-19(2)35-26(30-24)21-9-7-6-8-10-21/h6-15H,5,16-18H2,1-4H3,(H,32,33). The number of rotatable bonds is 11. The topological polar surface area (TPSA) is 102 Å². The van der Waals surface area contributed by atoms with Gasteiger partial charge in [0.25, 0.3) is 0 Å². The number of carboxylic acids is 1. The normalized spacial score (nSPS) is 11.7. The fourth-order valence-corrected chi connectivity index (χ4v) is 3.92. The lowest BCUT2D eigenvalue weighted by atomic mass is 10.0.